The Morgan fingerprint density at radius 1 is 0.650 bits per heavy atom. The molecule has 0 heterocycles. The summed E-state index contributed by atoms with van der Waals surface area (Å²) >= 11 is 0. The van der Waals surface area contributed by atoms with Gasteiger partial charge in [-0.25, -0.2) is 0 Å². The molecule has 0 N–H and O–H groups in total. The van der Waals surface area contributed by atoms with Crippen molar-refractivity contribution in [1.82, 2.24) is 0 Å². The molecule has 2 atom stereocenters. The molecule has 0 aromatic rings. The molecule has 0 aliphatic carbocycles. The van der Waals surface area contributed by atoms with E-state index in [9.17, 15) is 4.79 Å². The molecule has 0 spiro atoms. The van der Waals surface area contributed by atoms with Crippen LogP contribution in [0.1, 0.15) is 150 Å². The zero-order chi connectivity index (χ0) is 32.0. The highest BCUT2D eigenvalue weighted by Gasteiger charge is 2.43. The molecule has 0 bridgehead atoms. The van der Waals surface area contributed by atoms with Crippen molar-refractivity contribution in [3.8, 4) is 0 Å². The van der Waals surface area contributed by atoms with Crippen LogP contribution in [0.4, 0.5) is 0 Å². The summed E-state index contributed by atoms with van der Waals surface area (Å²) < 4.78 is 25.1. The number of esters is 1. The van der Waals surface area contributed by atoms with Gasteiger partial charge in [0.05, 0.1) is 35.9 Å². The summed E-state index contributed by atoms with van der Waals surface area (Å²) in [4.78, 5) is 13.1. The van der Waals surface area contributed by atoms with Gasteiger partial charge in [0, 0.05) is 13.0 Å². The second-order valence-corrected chi connectivity index (χ2v) is 17.0. The summed E-state index contributed by atoms with van der Waals surface area (Å²) in [5, 5.41) is 0. The Kier molecular flexibility index (Phi) is 14.5. The summed E-state index contributed by atoms with van der Waals surface area (Å²) in [6.07, 6.45) is 3.57. The van der Waals surface area contributed by atoms with Crippen LogP contribution in [0.5, 0.6) is 0 Å². The zero-order valence-corrected chi connectivity index (χ0v) is 30.1. The van der Waals surface area contributed by atoms with E-state index < -0.39 is 5.60 Å². The minimum absolute atomic E-state index is 0.0310. The van der Waals surface area contributed by atoms with Gasteiger partial charge in [0.25, 0.3) is 0 Å². The molecule has 0 aliphatic heterocycles. The summed E-state index contributed by atoms with van der Waals surface area (Å²) in [5.74, 6) is 0.0439. The number of hydrogen-bond acceptors (Lipinski definition) is 5. The molecule has 0 amide bonds. The van der Waals surface area contributed by atoms with Crippen LogP contribution in [-0.4, -0.2) is 48.2 Å². The Morgan fingerprint density at radius 3 is 1.62 bits per heavy atom. The van der Waals surface area contributed by atoms with Crippen LogP contribution in [0.25, 0.3) is 0 Å². The largest absolute Gasteiger partial charge is 0.459 e. The van der Waals surface area contributed by atoms with Gasteiger partial charge in [0.2, 0.25) is 0 Å². The molecule has 240 valence electrons. The highest BCUT2D eigenvalue weighted by Crippen LogP contribution is 2.43. The lowest BCUT2D eigenvalue weighted by molar-refractivity contribution is -0.175. The second kappa shape index (κ2) is 14.7. The van der Waals surface area contributed by atoms with Gasteiger partial charge in [-0.3, -0.25) is 4.79 Å². The number of ether oxygens (including phenoxy) is 4. The minimum atomic E-state index is -0.590. The first-order valence-electron chi connectivity index (χ1n) is 15.8. The fourth-order valence-electron chi connectivity index (χ4n) is 4.92. The van der Waals surface area contributed by atoms with E-state index in [4.69, 9.17) is 18.9 Å². The summed E-state index contributed by atoms with van der Waals surface area (Å²) in [6.45, 7) is 40.1. The average Bonchev–Trinajstić information content (AvgIpc) is 2.68. The maximum absolute atomic E-state index is 13.1. The van der Waals surface area contributed by atoms with E-state index >= 15 is 0 Å². The van der Waals surface area contributed by atoms with E-state index in [1.807, 2.05) is 13.8 Å². The SMILES string of the molecule is CC(C)OCCC(C)(C)C(C)(C)OC(C)CC(C)(C)C(C)(C)OCCC(C)(C)OC(=O)C(CC(C)(C)C)C(C)C. The lowest BCUT2D eigenvalue weighted by Crippen LogP contribution is -2.48. The maximum atomic E-state index is 13.1. The van der Waals surface area contributed by atoms with Crippen LogP contribution >= 0.6 is 0 Å². The molecule has 40 heavy (non-hydrogen) atoms. The fraction of sp³-hybridized carbons (Fsp3) is 0.971. The molecule has 0 fully saturated rings. The first kappa shape index (κ1) is 39.4. The minimum Gasteiger partial charge on any atom is -0.459 e. The van der Waals surface area contributed by atoms with Crippen molar-refractivity contribution in [2.45, 2.75) is 179 Å². The Hall–Kier alpha value is -0.650. The van der Waals surface area contributed by atoms with E-state index in [2.05, 4.69) is 111 Å². The third kappa shape index (κ3) is 13.6. The standard InChI is InChI=1S/C35H70O5/c1-25(2)28(24-30(6,7)8)29(36)40-33(13,14)20-22-38-34(15,16)32(11,12)23-27(5)39-35(17,18)31(9,10)19-21-37-26(3)4/h25-28H,19-24H2,1-18H3. The molecule has 0 aromatic carbocycles. The average molecular weight is 571 g/mol. The molecule has 2 unspecified atom stereocenters. The van der Waals surface area contributed by atoms with Crippen molar-refractivity contribution in [3.63, 3.8) is 0 Å². The molecule has 0 saturated carbocycles. The summed E-state index contributed by atoms with van der Waals surface area (Å²) in [7, 11) is 0. The molecule has 0 radical (unpaired) electrons. The van der Waals surface area contributed by atoms with Crippen molar-refractivity contribution >= 4 is 5.97 Å². The topological polar surface area (TPSA) is 54.0 Å². The highest BCUT2D eigenvalue weighted by atomic mass is 16.6. The van der Waals surface area contributed by atoms with Gasteiger partial charge < -0.3 is 18.9 Å². The molecule has 0 rings (SSSR count). The smallest absolute Gasteiger partial charge is 0.309 e. The number of hydrogen-bond donors (Lipinski definition) is 0. The Bertz CT molecular complexity index is 752. The lowest BCUT2D eigenvalue weighted by Gasteiger charge is -2.47. The van der Waals surface area contributed by atoms with Crippen molar-refractivity contribution in [3.05, 3.63) is 0 Å². The van der Waals surface area contributed by atoms with E-state index in [0.29, 0.717) is 13.0 Å². The lowest BCUT2D eigenvalue weighted by atomic mass is 9.72. The van der Waals surface area contributed by atoms with Gasteiger partial charge in [-0.05, 0) is 104 Å². The van der Waals surface area contributed by atoms with E-state index in [1.165, 1.54) is 0 Å². The van der Waals surface area contributed by atoms with Crippen molar-refractivity contribution in [2.75, 3.05) is 13.2 Å². The van der Waals surface area contributed by atoms with Gasteiger partial charge in [-0.1, -0.05) is 62.3 Å². The predicted molar refractivity (Wildman–Crippen MR) is 170 cm³/mol. The van der Waals surface area contributed by atoms with E-state index in [1.54, 1.807) is 0 Å². The fourth-order valence-corrected chi connectivity index (χ4v) is 4.92. The maximum Gasteiger partial charge on any atom is 0.309 e. The second-order valence-electron chi connectivity index (χ2n) is 17.0. The molecule has 5 heteroatoms. The Balaban J connectivity index is 5.13. The molecule has 5 nitrogen and oxygen atoms in total. The normalized spacial score (nSPS) is 16.0. The monoisotopic (exact) mass is 571 g/mol. The first-order valence-corrected chi connectivity index (χ1v) is 15.8. The number of carbonyl (C=O) groups is 1. The van der Waals surface area contributed by atoms with Crippen LogP contribution in [0.2, 0.25) is 0 Å². The zero-order valence-electron chi connectivity index (χ0n) is 30.1. The molecule has 0 aromatic heterocycles. The predicted octanol–water partition coefficient (Wildman–Crippen LogP) is 9.64. The quantitative estimate of drug-likeness (QED) is 0.154. The summed E-state index contributed by atoms with van der Waals surface area (Å²) in [6, 6.07) is 0. The van der Waals surface area contributed by atoms with Crippen molar-refractivity contribution in [1.29, 1.82) is 0 Å². The van der Waals surface area contributed by atoms with Gasteiger partial charge in [-0.2, -0.15) is 0 Å². The van der Waals surface area contributed by atoms with Crippen LogP contribution in [0.3, 0.4) is 0 Å². The van der Waals surface area contributed by atoms with Gasteiger partial charge in [0.15, 0.2) is 0 Å². The van der Waals surface area contributed by atoms with E-state index in [0.717, 1.165) is 25.9 Å². The van der Waals surface area contributed by atoms with Crippen LogP contribution in [-0.2, 0) is 23.7 Å². The van der Waals surface area contributed by atoms with Crippen LogP contribution in [0.15, 0.2) is 0 Å². The summed E-state index contributed by atoms with van der Waals surface area (Å²) in [5.41, 5.74) is -1.37. The van der Waals surface area contributed by atoms with Crippen LogP contribution in [0, 0.1) is 28.1 Å². The van der Waals surface area contributed by atoms with E-state index in [-0.39, 0.29) is 57.5 Å². The van der Waals surface area contributed by atoms with Crippen molar-refractivity contribution < 1.29 is 23.7 Å². The Morgan fingerprint density at radius 2 is 1.18 bits per heavy atom. The molecule has 0 saturated heterocycles. The molecular formula is C35H70O5. The van der Waals surface area contributed by atoms with Gasteiger partial charge >= 0.3 is 5.97 Å². The molecule has 0 aliphatic rings. The van der Waals surface area contributed by atoms with Crippen LogP contribution < -0.4 is 0 Å². The van der Waals surface area contributed by atoms with Gasteiger partial charge in [-0.15, -0.1) is 0 Å². The van der Waals surface area contributed by atoms with Gasteiger partial charge in [0.1, 0.15) is 5.60 Å². The number of rotatable bonds is 18. The molecular weight excluding hydrogens is 500 g/mol. The third-order valence-electron chi connectivity index (χ3n) is 9.22. The Labute approximate surface area is 250 Å². The highest BCUT2D eigenvalue weighted by molar-refractivity contribution is 5.73. The third-order valence-corrected chi connectivity index (χ3v) is 9.22. The first-order chi connectivity index (χ1) is 17.6. The number of carbonyl (C=O) groups excluding carboxylic acids is 1. The van der Waals surface area contributed by atoms with Crippen molar-refractivity contribution in [2.24, 2.45) is 28.1 Å².